The molecule has 1 aromatic heterocycles. The Kier molecular flexibility index (Phi) is 5.12. The second kappa shape index (κ2) is 8.02. The highest BCUT2D eigenvalue weighted by molar-refractivity contribution is 6.40. The number of benzene rings is 3. The van der Waals surface area contributed by atoms with Crippen LogP contribution in [0.2, 0.25) is 0 Å². The average Bonchev–Trinajstić information content (AvgIpc) is 3.13. The van der Waals surface area contributed by atoms with Crippen LogP contribution in [-0.2, 0) is 9.59 Å². The molecule has 4 aromatic rings. The van der Waals surface area contributed by atoms with Gasteiger partial charge >= 0.3 is 11.8 Å². The Hall–Kier alpha value is -3.86. The van der Waals surface area contributed by atoms with Crippen LogP contribution in [0.4, 0.5) is 5.69 Å². The summed E-state index contributed by atoms with van der Waals surface area (Å²) in [6.07, 6.45) is 0. The first-order chi connectivity index (χ1) is 14.1. The summed E-state index contributed by atoms with van der Waals surface area (Å²) in [6, 6.07) is 26.6. The van der Waals surface area contributed by atoms with E-state index in [1.165, 1.54) is 0 Å². The average molecular weight is 383 g/mol. The van der Waals surface area contributed by atoms with Crippen molar-refractivity contribution in [2.75, 3.05) is 5.32 Å². The number of para-hydroxylation sites is 1. The van der Waals surface area contributed by atoms with E-state index in [0.717, 1.165) is 27.7 Å². The first-order valence-corrected chi connectivity index (χ1v) is 9.46. The third kappa shape index (κ3) is 3.89. The second-order valence-corrected chi connectivity index (χ2v) is 6.85. The fourth-order valence-corrected chi connectivity index (χ4v) is 3.35. The smallest absolute Gasteiger partial charge is 0.313 e. The van der Waals surface area contributed by atoms with Crippen LogP contribution in [0.5, 0.6) is 0 Å². The summed E-state index contributed by atoms with van der Waals surface area (Å²) >= 11 is 0. The number of rotatable bonds is 4. The standard InChI is InChI=1S/C24H21N3O2/c1-16(17-10-4-2-5-11-17)25-23(28)24(29)27-22-19-14-8-9-15-20(19)26-21(22)18-12-6-3-7-13-18/h2-16,26H,1H3,(H,25,28)(H,27,29)/t16-/m0/s1. The number of hydrogen-bond donors (Lipinski definition) is 3. The Morgan fingerprint density at radius 2 is 1.41 bits per heavy atom. The van der Waals surface area contributed by atoms with Crippen molar-refractivity contribution in [3.8, 4) is 11.3 Å². The van der Waals surface area contributed by atoms with E-state index < -0.39 is 11.8 Å². The molecule has 2 amide bonds. The fourth-order valence-electron chi connectivity index (χ4n) is 3.35. The molecule has 5 nitrogen and oxygen atoms in total. The molecule has 29 heavy (non-hydrogen) atoms. The minimum atomic E-state index is -0.699. The van der Waals surface area contributed by atoms with E-state index in [4.69, 9.17) is 0 Å². The predicted octanol–water partition coefficient (Wildman–Crippen LogP) is 4.65. The minimum absolute atomic E-state index is 0.272. The molecule has 0 saturated heterocycles. The molecule has 3 aromatic carbocycles. The third-order valence-corrected chi connectivity index (χ3v) is 4.86. The van der Waals surface area contributed by atoms with Gasteiger partial charge in [0.15, 0.2) is 0 Å². The number of aromatic nitrogens is 1. The zero-order valence-corrected chi connectivity index (χ0v) is 16.0. The highest BCUT2D eigenvalue weighted by Gasteiger charge is 2.21. The van der Waals surface area contributed by atoms with Crippen LogP contribution in [-0.4, -0.2) is 16.8 Å². The molecule has 0 unspecified atom stereocenters. The largest absolute Gasteiger partial charge is 0.353 e. The number of nitrogens with one attached hydrogen (secondary N) is 3. The maximum absolute atomic E-state index is 12.7. The van der Waals surface area contributed by atoms with Crippen molar-refractivity contribution in [2.45, 2.75) is 13.0 Å². The molecule has 1 atom stereocenters. The van der Waals surface area contributed by atoms with Crippen molar-refractivity contribution < 1.29 is 9.59 Å². The zero-order valence-electron chi connectivity index (χ0n) is 16.0. The Morgan fingerprint density at radius 3 is 2.14 bits per heavy atom. The summed E-state index contributed by atoms with van der Waals surface area (Å²) in [6.45, 7) is 1.85. The van der Waals surface area contributed by atoms with E-state index in [1.54, 1.807) is 0 Å². The number of carbonyl (C=O) groups is 2. The summed E-state index contributed by atoms with van der Waals surface area (Å²) in [5.41, 5.74) is 4.12. The lowest BCUT2D eigenvalue weighted by atomic mass is 10.1. The van der Waals surface area contributed by atoms with E-state index in [2.05, 4.69) is 15.6 Å². The van der Waals surface area contributed by atoms with Gasteiger partial charge in [0.25, 0.3) is 0 Å². The van der Waals surface area contributed by atoms with Crippen LogP contribution in [0.1, 0.15) is 18.5 Å². The molecule has 144 valence electrons. The maximum atomic E-state index is 12.7. The molecule has 0 radical (unpaired) electrons. The van der Waals surface area contributed by atoms with E-state index in [0.29, 0.717) is 5.69 Å². The zero-order chi connectivity index (χ0) is 20.2. The number of H-pyrrole nitrogens is 1. The van der Waals surface area contributed by atoms with Crippen LogP contribution in [0, 0.1) is 0 Å². The molecular formula is C24H21N3O2. The maximum Gasteiger partial charge on any atom is 0.313 e. The van der Waals surface area contributed by atoms with Crippen LogP contribution in [0.15, 0.2) is 84.9 Å². The summed E-state index contributed by atoms with van der Waals surface area (Å²) in [7, 11) is 0. The molecule has 0 fully saturated rings. The first kappa shape index (κ1) is 18.5. The Balaban J connectivity index is 1.60. The summed E-state index contributed by atoms with van der Waals surface area (Å²) in [5.74, 6) is -1.37. The van der Waals surface area contributed by atoms with Gasteiger partial charge in [0, 0.05) is 16.5 Å². The number of carbonyl (C=O) groups excluding carboxylic acids is 2. The van der Waals surface area contributed by atoms with Gasteiger partial charge in [0.2, 0.25) is 0 Å². The van der Waals surface area contributed by atoms with Gasteiger partial charge in [0.1, 0.15) is 0 Å². The molecule has 0 saturated carbocycles. The van der Waals surface area contributed by atoms with Crippen LogP contribution < -0.4 is 10.6 Å². The molecule has 0 aliphatic rings. The van der Waals surface area contributed by atoms with Gasteiger partial charge in [-0.3, -0.25) is 9.59 Å². The lowest BCUT2D eigenvalue weighted by Crippen LogP contribution is -2.36. The number of fused-ring (bicyclic) bond motifs is 1. The van der Waals surface area contributed by atoms with Gasteiger partial charge in [-0.05, 0) is 18.6 Å². The van der Waals surface area contributed by atoms with Gasteiger partial charge in [-0.25, -0.2) is 0 Å². The summed E-state index contributed by atoms with van der Waals surface area (Å²) in [5, 5.41) is 6.41. The predicted molar refractivity (Wildman–Crippen MR) is 115 cm³/mol. The SMILES string of the molecule is C[C@H](NC(=O)C(=O)Nc1c(-c2ccccc2)[nH]c2ccccc12)c1ccccc1. The highest BCUT2D eigenvalue weighted by atomic mass is 16.2. The number of hydrogen-bond acceptors (Lipinski definition) is 2. The summed E-state index contributed by atoms with van der Waals surface area (Å²) < 4.78 is 0. The van der Waals surface area contributed by atoms with Crippen molar-refractivity contribution in [3.05, 3.63) is 90.5 Å². The molecule has 5 heteroatoms. The quantitative estimate of drug-likeness (QED) is 0.449. The molecule has 4 rings (SSSR count). The van der Waals surface area contributed by atoms with Crippen molar-refractivity contribution in [1.29, 1.82) is 0 Å². The van der Waals surface area contributed by atoms with E-state index in [1.807, 2.05) is 91.9 Å². The van der Waals surface area contributed by atoms with E-state index >= 15 is 0 Å². The van der Waals surface area contributed by atoms with E-state index in [-0.39, 0.29) is 6.04 Å². The fraction of sp³-hybridized carbons (Fsp3) is 0.0833. The third-order valence-electron chi connectivity index (χ3n) is 4.86. The summed E-state index contributed by atoms with van der Waals surface area (Å²) in [4.78, 5) is 28.5. The van der Waals surface area contributed by atoms with Crippen molar-refractivity contribution >= 4 is 28.4 Å². The molecule has 0 bridgehead atoms. The minimum Gasteiger partial charge on any atom is -0.353 e. The Labute approximate surface area is 168 Å². The first-order valence-electron chi connectivity index (χ1n) is 9.46. The Bertz CT molecular complexity index is 1150. The van der Waals surface area contributed by atoms with Crippen molar-refractivity contribution in [3.63, 3.8) is 0 Å². The molecule has 0 aliphatic carbocycles. The van der Waals surface area contributed by atoms with Crippen LogP contribution >= 0.6 is 0 Å². The molecule has 0 aliphatic heterocycles. The van der Waals surface area contributed by atoms with Gasteiger partial charge in [0.05, 0.1) is 17.4 Å². The molecular weight excluding hydrogens is 362 g/mol. The van der Waals surface area contributed by atoms with E-state index in [9.17, 15) is 9.59 Å². The van der Waals surface area contributed by atoms with Gasteiger partial charge in [-0.1, -0.05) is 78.9 Å². The van der Waals surface area contributed by atoms with Crippen LogP contribution in [0.25, 0.3) is 22.2 Å². The number of aromatic amines is 1. The van der Waals surface area contributed by atoms with Crippen LogP contribution in [0.3, 0.4) is 0 Å². The number of amides is 2. The molecule has 0 spiro atoms. The van der Waals surface area contributed by atoms with Crippen molar-refractivity contribution in [2.24, 2.45) is 0 Å². The van der Waals surface area contributed by atoms with Gasteiger partial charge in [-0.15, -0.1) is 0 Å². The normalized spacial score (nSPS) is 11.8. The van der Waals surface area contributed by atoms with Crippen molar-refractivity contribution in [1.82, 2.24) is 10.3 Å². The highest BCUT2D eigenvalue weighted by Crippen LogP contribution is 2.34. The number of anilines is 1. The second-order valence-electron chi connectivity index (χ2n) is 6.85. The molecule has 1 heterocycles. The monoisotopic (exact) mass is 383 g/mol. The lowest BCUT2D eigenvalue weighted by Gasteiger charge is -2.14. The lowest BCUT2D eigenvalue weighted by molar-refractivity contribution is -0.136. The Morgan fingerprint density at radius 1 is 0.793 bits per heavy atom. The van der Waals surface area contributed by atoms with Gasteiger partial charge in [-0.2, -0.15) is 0 Å². The molecule has 3 N–H and O–H groups in total. The van der Waals surface area contributed by atoms with Gasteiger partial charge < -0.3 is 15.6 Å². The topological polar surface area (TPSA) is 74.0 Å².